The number of ether oxygens (including phenoxy) is 2. The highest BCUT2D eigenvalue weighted by Gasteiger charge is 2.19. The number of carbonyl (C=O) groups is 2. The maximum absolute atomic E-state index is 13.3. The second-order valence-corrected chi connectivity index (χ2v) is 11.9. The molecule has 1 saturated carbocycles. The number of halogens is 4. The Labute approximate surface area is 289 Å². The highest BCUT2D eigenvalue weighted by atomic mass is 19.3. The zero-order valence-corrected chi connectivity index (χ0v) is 27.4. The molecular formula is C35H36F4N6O6. The number of benzene rings is 2. The maximum atomic E-state index is 13.3. The van der Waals surface area contributed by atoms with Crippen LogP contribution in [0.3, 0.4) is 0 Å². The van der Waals surface area contributed by atoms with E-state index < -0.39 is 30.2 Å². The Morgan fingerprint density at radius 2 is 1.31 bits per heavy atom. The molecule has 2 N–H and O–H groups in total. The third-order valence-electron chi connectivity index (χ3n) is 8.26. The van der Waals surface area contributed by atoms with Gasteiger partial charge >= 0.3 is 13.2 Å². The first-order valence-electron chi connectivity index (χ1n) is 16.4. The summed E-state index contributed by atoms with van der Waals surface area (Å²) in [6.45, 7) is -5.83. The third kappa shape index (κ3) is 10.7. The Bertz CT molecular complexity index is 1910. The summed E-state index contributed by atoms with van der Waals surface area (Å²) in [5.41, 5.74) is 1.19. The van der Waals surface area contributed by atoms with Crippen LogP contribution in [0, 0.1) is 5.92 Å². The predicted molar refractivity (Wildman–Crippen MR) is 177 cm³/mol. The summed E-state index contributed by atoms with van der Waals surface area (Å²) in [5, 5.41) is 14.2. The van der Waals surface area contributed by atoms with Crippen molar-refractivity contribution in [1.29, 1.82) is 0 Å². The minimum absolute atomic E-state index is 0.0341. The van der Waals surface area contributed by atoms with E-state index in [0.29, 0.717) is 59.8 Å². The fourth-order valence-electron chi connectivity index (χ4n) is 5.36. The van der Waals surface area contributed by atoms with E-state index in [1.54, 1.807) is 6.07 Å². The number of hydrogen-bond acceptors (Lipinski definition) is 8. The van der Waals surface area contributed by atoms with Crippen LogP contribution in [0.2, 0.25) is 0 Å². The van der Waals surface area contributed by atoms with Crippen LogP contribution in [-0.2, 0) is 29.1 Å². The molecular weight excluding hydrogens is 676 g/mol. The zero-order valence-electron chi connectivity index (χ0n) is 27.4. The van der Waals surface area contributed by atoms with Crippen molar-refractivity contribution in [3.05, 3.63) is 93.0 Å². The normalized spacial score (nSPS) is 12.8. The van der Waals surface area contributed by atoms with Crippen LogP contribution in [0.1, 0.15) is 37.7 Å². The summed E-state index contributed by atoms with van der Waals surface area (Å²) in [6, 6.07) is 15.8. The second kappa shape index (κ2) is 17.4. The summed E-state index contributed by atoms with van der Waals surface area (Å²) >= 11 is 0. The summed E-state index contributed by atoms with van der Waals surface area (Å²) in [4.78, 5) is 51.0. The van der Waals surface area contributed by atoms with Gasteiger partial charge in [0.05, 0.1) is 11.4 Å². The Hall–Kier alpha value is -5.54. The fourth-order valence-corrected chi connectivity index (χ4v) is 5.36. The van der Waals surface area contributed by atoms with E-state index in [9.17, 15) is 36.7 Å². The van der Waals surface area contributed by atoms with Gasteiger partial charge in [0, 0.05) is 35.8 Å². The SMILES string of the molecule is O=C(Cn1nc(-c2ccc(OC(F)F)cc2)ccc1=O)NCCCCc1cc(-c2ccc(OC(F)F)cc2)nn(CC(=O)NCC2CCC2)c1=O. The molecule has 2 aromatic heterocycles. The molecule has 2 amide bonds. The fraction of sp³-hybridized carbons (Fsp3) is 0.371. The number of amides is 2. The van der Waals surface area contributed by atoms with Crippen molar-refractivity contribution in [2.45, 2.75) is 64.8 Å². The first kappa shape index (κ1) is 36.7. The highest BCUT2D eigenvalue weighted by Crippen LogP contribution is 2.25. The minimum atomic E-state index is -2.98. The van der Waals surface area contributed by atoms with E-state index in [4.69, 9.17) is 0 Å². The van der Waals surface area contributed by atoms with Crippen molar-refractivity contribution >= 4 is 11.8 Å². The topological polar surface area (TPSA) is 146 Å². The van der Waals surface area contributed by atoms with Gasteiger partial charge in [-0.2, -0.15) is 27.8 Å². The van der Waals surface area contributed by atoms with E-state index in [1.165, 1.54) is 60.7 Å². The van der Waals surface area contributed by atoms with Crippen LogP contribution in [0.15, 0.2) is 76.3 Å². The number of rotatable bonds is 17. The lowest BCUT2D eigenvalue weighted by Crippen LogP contribution is -2.38. The standard InChI is InChI=1S/C35H36F4N6O6/c36-34(37)50-26-11-7-23(8-12-26)28-15-16-32(48)44(42-28)20-30(46)40-17-2-1-6-25-18-29(24-9-13-27(14-10-24)51-35(38)39)43-45(33(25)49)21-31(47)41-19-22-4-3-5-22/h7-16,18,22,34-35H,1-6,17,19-21H2,(H,40,46)(H,41,47). The molecule has 0 atom stereocenters. The molecule has 1 fully saturated rings. The molecule has 4 aromatic rings. The lowest BCUT2D eigenvalue weighted by Gasteiger charge is -2.25. The van der Waals surface area contributed by atoms with Crippen LogP contribution in [0.25, 0.3) is 22.5 Å². The molecule has 0 spiro atoms. The summed E-state index contributed by atoms with van der Waals surface area (Å²) in [6.07, 6.45) is 4.47. The van der Waals surface area contributed by atoms with E-state index in [1.807, 2.05) is 0 Å². The van der Waals surface area contributed by atoms with E-state index in [-0.39, 0.29) is 37.0 Å². The average molecular weight is 713 g/mol. The zero-order chi connectivity index (χ0) is 36.3. The Balaban J connectivity index is 1.18. The predicted octanol–water partition coefficient (Wildman–Crippen LogP) is 4.39. The van der Waals surface area contributed by atoms with Crippen LogP contribution in [0.5, 0.6) is 11.5 Å². The lowest BCUT2D eigenvalue weighted by atomic mass is 9.85. The first-order valence-corrected chi connectivity index (χ1v) is 16.4. The van der Waals surface area contributed by atoms with Gasteiger partial charge in [-0.1, -0.05) is 6.42 Å². The smallest absolute Gasteiger partial charge is 0.387 e. The van der Waals surface area contributed by atoms with Gasteiger partial charge in [-0.05, 0) is 98.7 Å². The van der Waals surface area contributed by atoms with E-state index >= 15 is 0 Å². The molecule has 2 heterocycles. The molecule has 16 heteroatoms. The molecule has 0 bridgehead atoms. The molecule has 270 valence electrons. The number of nitrogens with one attached hydrogen (secondary N) is 2. The monoisotopic (exact) mass is 712 g/mol. The van der Waals surface area contributed by atoms with Crippen molar-refractivity contribution in [2.75, 3.05) is 13.1 Å². The van der Waals surface area contributed by atoms with Gasteiger partial charge in [0.25, 0.3) is 11.1 Å². The second-order valence-electron chi connectivity index (χ2n) is 11.9. The van der Waals surface area contributed by atoms with Crippen molar-refractivity contribution in [1.82, 2.24) is 30.2 Å². The van der Waals surface area contributed by atoms with Crippen molar-refractivity contribution < 1.29 is 36.6 Å². The number of carbonyl (C=O) groups excluding carboxylic acids is 2. The van der Waals surface area contributed by atoms with Gasteiger partial charge in [-0.25, -0.2) is 9.36 Å². The van der Waals surface area contributed by atoms with Gasteiger partial charge in [0.1, 0.15) is 24.6 Å². The van der Waals surface area contributed by atoms with Crippen LogP contribution < -0.4 is 31.2 Å². The van der Waals surface area contributed by atoms with Crippen LogP contribution in [0.4, 0.5) is 17.6 Å². The van der Waals surface area contributed by atoms with Gasteiger partial charge in [-0.15, -0.1) is 0 Å². The minimum Gasteiger partial charge on any atom is -0.435 e. The van der Waals surface area contributed by atoms with Crippen molar-refractivity contribution in [3.63, 3.8) is 0 Å². The van der Waals surface area contributed by atoms with Gasteiger partial charge in [-0.3, -0.25) is 19.2 Å². The number of unbranched alkanes of at least 4 members (excludes halogenated alkanes) is 1. The number of nitrogens with zero attached hydrogens (tertiary/aromatic N) is 4. The van der Waals surface area contributed by atoms with Crippen LogP contribution in [-0.4, -0.2) is 57.7 Å². The maximum Gasteiger partial charge on any atom is 0.387 e. The van der Waals surface area contributed by atoms with Gasteiger partial charge in [0.15, 0.2) is 0 Å². The lowest BCUT2D eigenvalue weighted by molar-refractivity contribution is -0.122. The number of aromatic nitrogens is 4. The largest absolute Gasteiger partial charge is 0.435 e. The number of alkyl halides is 4. The van der Waals surface area contributed by atoms with E-state index in [0.717, 1.165) is 28.6 Å². The van der Waals surface area contributed by atoms with Crippen molar-refractivity contribution in [2.24, 2.45) is 5.92 Å². The molecule has 12 nitrogen and oxygen atoms in total. The number of aryl methyl sites for hydroxylation is 1. The Morgan fingerprint density at radius 3 is 1.90 bits per heavy atom. The average Bonchev–Trinajstić information content (AvgIpc) is 3.06. The van der Waals surface area contributed by atoms with E-state index in [2.05, 4.69) is 30.3 Å². The molecule has 0 saturated heterocycles. The van der Waals surface area contributed by atoms with Crippen LogP contribution >= 0.6 is 0 Å². The van der Waals surface area contributed by atoms with Gasteiger partial charge < -0.3 is 20.1 Å². The first-order chi connectivity index (χ1) is 24.5. The summed E-state index contributed by atoms with van der Waals surface area (Å²) in [7, 11) is 0. The quantitative estimate of drug-likeness (QED) is 0.121. The summed E-state index contributed by atoms with van der Waals surface area (Å²) in [5.74, 6) is -0.460. The molecule has 51 heavy (non-hydrogen) atoms. The van der Waals surface area contributed by atoms with Gasteiger partial charge in [0.2, 0.25) is 11.8 Å². The third-order valence-corrected chi connectivity index (χ3v) is 8.26. The highest BCUT2D eigenvalue weighted by molar-refractivity contribution is 5.76. The number of hydrogen-bond donors (Lipinski definition) is 2. The summed E-state index contributed by atoms with van der Waals surface area (Å²) < 4.78 is 61.0. The molecule has 2 aromatic carbocycles. The Kier molecular flexibility index (Phi) is 12.5. The Morgan fingerprint density at radius 1 is 0.745 bits per heavy atom. The molecule has 5 rings (SSSR count). The molecule has 0 aliphatic heterocycles. The molecule has 0 radical (unpaired) electrons. The molecule has 0 unspecified atom stereocenters. The molecule has 1 aliphatic carbocycles. The molecule has 1 aliphatic rings. The van der Waals surface area contributed by atoms with Crippen molar-refractivity contribution in [3.8, 4) is 34.0 Å².